The Morgan fingerprint density at radius 1 is 0.231 bits per heavy atom. The first kappa shape index (κ1) is 121. The van der Waals surface area contributed by atoms with Crippen molar-refractivity contribution in [2.24, 2.45) is 0 Å². The van der Waals surface area contributed by atoms with Gasteiger partial charge in [-0.2, -0.15) is 0 Å². The topological polar surface area (TPSA) is 222 Å². The Morgan fingerprint density at radius 3 is 0.685 bits per heavy atom. The van der Waals surface area contributed by atoms with Crippen LogP contribution in [-0.4, -0.2) is 261 Å². The van der Waals surface area contributed by atoms with Gasteiger partial charge in [0.2, 0.25) is 0 Å². The average Bonchev–Trinajstić information content (AvgIpc) is 0.874. The van der Waals surface area contributed by atoms with Crippen molar-refractivity contribution in [1.82, 2.24) is 0 Å². The molecule has 0 aliphatic rings. The minimum Gasteiger partial charge on any atom is -0.498 e. The van der Waals surface area contributed by atoms with Crippen LogP contribution in [0.2, 0.25) is 0 Å². The van der Waals surface area contributed by atoms with E-state index in [9.17, 15) is 0 Å². The van der Waals surface area contributed by atoms with E-state index in [-0.39, 0.29) is 61.0 Å². The number of hydrogen-bond donors (Lipinski definition) is 0. The number of benzene rings is 4. The van der Waals surface area contributed by atoms with Gasteiger partial charge < -0.3 is 114 Å². The lowest BCUT2D eigenvalue weighted by Gasteiger charge is -2.19. The van der Waals surface area contributed by atoms with Gasteiger partial charge in [0, 0.05) is 48.3 Å². The van der Waals surface area contributed by atoms with Crippen molar-refractivity contribution in [1.29, 1.82) is 0 Å². The van der Waals surface area contributed by atoms with Gasteiger partial charge in [-0.05, 0) is 265 Å². The summed E-state index contributed by atoms with van der Waals surface area (Å²) in [6.45, 7) is 59.7. The fourth-order valence-corrected chi connectivity index (χ4v) is 11.3. The van der Waals surface area contributed by atoms with E-state index in [0.717, 1.165) is 121 Å². The second-order valence-electron chi connectivity index (χ2n) is 32.2. The Bertz CT molecular complexity index is 3460. The molecule has 0 aliphatic heterocycles. The lowest BCUT2D eigenvalue weighted by Crippen LogP contribution is -2.26. The number of hydrogen-bond acceptors (Lipinski definition) is 24. The maximum absolute atomic E-state index is 5.92. The molecular weight excluding hydrogens is 1660 g/mol. The molecule has 0 N–H and O–H groups in total. The van der Waals surface area contributed by atoms with Crippen LogP contribution in [0.1, 0.15) is 223 Å². The van der Waals surface area contributed by atoms with Gasteiger partial charge >= 0.3 is 0 Å². The summed E-state index contributed by atoms with van der Waals surface area (Å²) in [6.07, 6.45) is 19.0. The minimum atomic E-state index is -0.0845. The fourth-order valence-electron chi connectivity index (χ4n) is 11.3. The largest absolute Gasteiger partial charge is 0.498 e. The zero-order valence-electron chi connectivity index (χ0n) is 84.6. The minimum absolute atomic E-state index is 0.0118. The molecule has 0 bridgehead atoms. The van der Waals surface area contributed by atoms with E-state index in [0.29, 0.717) is 165 Å². The Kier molecular flexibility index (Phi) is 74.2. The molecule has 4 aromatic carbocycles. The number of ether oxygens (including phenoxy) is 24. The first-order valence-electron chi connectivity index (χ1n) is 46.7. The molecule has 0 saturated carbocycles. The van der Waals surface area contributed by atoms with Crippen LogP contribution in [0, 0.1) is 0 Å². The van der Waals surface area contributed by atoms with Crippen LogP contribution >= 0.6 is 0 Å². The van der Waals surface area contributed by atoms with Crippen molar-refractivity contribution in [3.05, 3.63) is 192 Å². The smallest absolute Gasteiger partial charge is 0.118 e. The molecule has 0 saturated heterocycles. The normalized spacial score (nSPS) is 14.8. The second-order valence-corrected chi connectivity index (χ2v) is 32.2. The average molecular weight is 1830 g/mol. The first-order valence-corrected chi connectivity index (χ1v) is 46.7. The molecule has 0 heterocycles. The van der Waals surface area contributed by atoms with Crippen molar-refractivity contribution in [2.45, 2.75) is 239 Å². The zero-order valence-corrected chi connectivity index (χ0v) is 84.6. The van der Waals surface area contributed by atoms with Crippen LogP contribution in [0.4, 0.5) is 0 Å². The summed E-state index contributed by atoms with van der Waals surface area (Å²) < 4.78 is 133. The van der Waals surface area contributed by atoms with Crippen molar-refractivity contribution in [3.8, 4) is 0 Å². The first-order chi connectivity index (χ1) is 62.7. The molecule has 0 aliphatic carbocycles. The third-order valence-electron chi connectivity index (χ3n) is 19.2. The molecule has 24 nitrogen and oxygen atoms in total. The highest BCUT2D eigenvalue weighted by molar-refractivity contribution is 5.73. The number of unbranched alkanes of at least 4 members (excludes halogenated alkanes) is 1. The standard InChI is InChI=1S/C32H54O8.C27H44O5.C24H38O6.C23H36O5/c1-23(15-35-27(5)19-39-29(7)21-37-25(3)17-33-9)31-12-11-13-32(14-31)24(2)16-36-28(6)20-40-30(8)22-38-26(4)18-34-10;1-9-11-22(4)31-18-24(6)29-15-20(2)26-12-10-13-27(14-26)21(3)16-30-25(7)19-32-23(5)17-28-8;1-5-25-10-12-27-14-16-29-19-21(3)23-8-7-9-24(18-23)22(4)20-30-17-15-28-13-11-26-6-2;1-5-6-10-25-13-15-27-18-20(2)22-8-7-9-23(17-22)21(3)19-28-16-14-26-12-11-24-4/h11-16,25-30H,17-22H2,1-10H3;10,12-16,22-25H,9,11,17-19H2,1-8H3;7-9,18-20H,5-6,10-17H2,1-4H3;7-9,17-19H,5-6,10-16H2,1-4H3. The van der Waals surface area contributed by atoms with E-state index in [1.165, 1.54) is 0 Å². The molecule has 0 spiro atoms. The molecule has 10 unspecified atom stereocenters. The van der Waals surface area contributed by atoms with E-state index in [4.69, 9.17) is 114 Å². The van der Waals surface area contributed by atoms with Crippen LogP contribution < -0.4 is 0 Å². The molecule has 4 aromatic rings. The Morgan fingerprint density at radius 2 is 0.446 bits per heavy atom. The zero-order chi connectivity index (χ0) is 96.2. The third-order valence-corrected chi connectivity index (χ3v) is 19.2. The quantitative estimate of drug-likeness (QED) is 0.0296. The summed E-state index contributed by atoms with van der Waals surface area (Å²) >= 11 is 0. The molecule has 0 aromatic heterocycles. The van der Waals surface area contributed by atoms with Crippen molar-refractivity contribution in [2.75, 3.05) is 200 Å². The van der Waals surface area contributed by atoms with Gasteiger partial charge in [-0.25, -0.2) is 0 Å². The van der Waals surface area contributed by atoms with Gasteiger partial charge in [-0.3, -0.25) is 0 Å². The Balaban J connectivity index is 0.000000875. The molecule has 740 valence electrons. The lowest BCUT2D eigenvalue weighted by molar-refractivity contribution is -0.0671. The maximum Gasteiger partial charge on any atom is 0.118 e. The summed E-state index contributed by atoms with van der Waals surface area (Å²) in [7, 11) is 6.67. The van der Waals surface area contributed by atoms with Crippen LogP contribution in [-0.2, 0) is 114 Å². The summed E-state index contributed by atoms with van der Waals surface area (Å²) in [5, 5.41) is 0. The predicted molar refractivity (Wildman–Crippen MR) is 527 cm³/mol. The number of rotatable bonds is 72. The molecule has 10 atom stereocenters. The summed E-state index contributed by atoms with van der Waals surface area (Å²) in [5.74, 6) is 0. The molecule has 4 rings (SSSR count). The van der Waals surface area contributed by atoms with Gasteiger partial charge in [0.1, 0.15) is 50.8 Å². The second kappa shape index (κ2) is 80.1. The molecule has 0 amide bonds. The summed E-state index contributed by atoms with van der Waals surface area (Å²) in [6, 6.07) is 33.3. The highest BCUT2D eigenvalue weighted by atomic mass is 16.6. The fraction of sp³-hybridized carbons (Fsp3) is 0.623. The summed E-state index contributed by atoms with van der Waals surface area (Å²) in [4.78, 5) is 0. The van der Waals surface area contributed by atoms with E-state index in [1.807, 2.05) is 149 Å². The predicted octanol–water partition coefficient (Wildman–Crippen LogP) is 22.1. The van der Waals surface area contributed by atoms with E-state index >= 15 is 0 Å². The van der Waals surface area contributed by atoms with Gasteiger partial charge in [0.25, 0.3) is 0 Å². The van der Waals surface area contributed by atoms with E-state index in [2.05, 4.69) is 107 Å². The van der Waals surface area contributed by atoms with Crippen molar-refractivity contribution >= 4 is 44.6 Å². The molecule has 130 heavy (non-hydrogen) atoms. The van der Waals surface area contributed by atoms with E-state index < -0.39 is 0 Å². The maximum atomic E-state index is 5.92. The highest BCUT2D eigenvalue weighted by Crippen LogP contribution is 2.26. The monoisotopic (exact) mass is 1830 g/mol. The Labute approximate surface area is 785 Å². The third kappa shape index (κ3) is 63.6. The summed E-state index contributed by atoms with van der Waals surface area (Å²) in [5.41, 5.74) is 17.3. The highest BCUT2D eigenvalue weighted by Gasteiger charge is 2.16. The van der Waals surface area contributed by atoms with Crippen molar-refractivity contribution < 1.29 is 114 Å². The van der Waals surface area contributed by atoms with E-state index in [1.54, 1.807) is 72.3 Å². The van der Waals surface area contributed by atoms with Gasteiger partial charge in [-0.15, -0.1) is 0 Å². The van der Waals surface area contributed by atoms with Crippen LogP contribution in [0.15, 0.2) is 147 Å². The van der Waals surface area contributed by atoms with Gasteiger partial charge in [0.05, 0.1) is 212 Å². The number of methoxy groups -OCH3 is 4. The van der Waals surface area contributed by atoms with Gasteiger partial charge in [-0.1, -0.05) is 99.5 Å². The molecule has 0 fully saturated rings. The SMILES string of the molecule is CCCC(C)OCC(C)OC=C(C)c1cccc(C(C)=COC(C)COC(C)COC)c1.CCCCOCCOC=C(C)c1cccc(C(C)=COCCOCCOC)c1.CCOCCOCCOC=C(C)c1cccc(C(C)=COCCOCCOCC)c1.COCC(C)OCC(C)OCC(C)OC=C(C)c1cccc(C(C)=COC(C)COC(C)COC(C)COC)c1. The van der Waals surface area contributed by atoms with Crippen LogP contribution in [0.5, 0.6) is 0 Å². The molecule has 0 radical (unpaired) electrons. The van der Waals surface area contributed by atoms with Crippen LogP contribution in [0.25, 0.3) is 44.6 Å². The van der Waals surface area contributed by atoms with Gasteiger partial charge in [0.15, 0.2) is 0 Å². The van der Waals surface area contributed by atoms with Crippen LogP contribution in [0.3, 0.4) is 0 Å². The Hall–Kier alpha value is -7.44. The number of allylic oxidation sites excluding steroid dienone is 8. The molecular formula is C106H172O24. The molecule has 24 heteroatoms. The van der Waals surface area contributed by atoms with Crippen molar-refractivity contribution in [3.63, 3.8) is 0 Å². The lowest BCUT2D eigenvalue weighted by atomic mass is 10.0.